The first-order valence-electron chi connectivity index (χ1n) is 6.01. The van der Waals surface area contributed by atoms with E-state index < -0.39 is 10.0 Å². The van der Waals surface area contributed by atoms with Crippen molar-refractivity contribution in [1.29, 1.82) is 0 Å². The first-order valence-corrected chi connectivity index (χ1v) is 8.25. The van der Waals surface area contributed by atoms with Gasteiger partial charge in [-0.05, 0) is 24.6 Å². The number of aromatic amines is 1. The summed E-state index contributed by atoms with van der Waals surface area (Å²) in [4.78, 5) is -0.0461. The Labute approximate surface area is 132 Å². The van der Waals surface area contributed by atoms with Crippen LogP contribution in [-0.4, -0.2) is 18.6 Å². The van der Waals surface area contributed by atoms with E-state index >= 15 is 0 Å². The van der Waals surface area contributed by atoms with Gasteiger partial charge in [0.25, 0.3) is 0 Å². The number of nitrogens with one attached hydrogen (secondary N) is 2. The van der Waals surface area contributed by atoms with E-state index in [0.29, 0.717) is 10.6 Å². The van der Waals surface area contributed by atoms with Gasteiger partial charge in [0.05, 0.1) is 11.2 Å². The Kier molecular flexibility index (Phi) is 4.90. The first-order chi connectivity index (χ1) is 9.85. The lowest BCUT2D eigenvalue weighted by Crippen LogP contribution is -2.24. The number of hydrogen-bond acceptors (Lipinski definition) is 4. The molecule has 0 aliphatic heterocycles. The van der Waals surface area contributed by atoms with Crippen LogP contribution in [-0.2, 0) is 23.1 Å². The molecular weight excluding hydrogens is 335 g/mol. The monoisotopic (exact) mass is 348 g/mol. The number of nitrogens with zero attached hydrogens (tertiary/aromatic N) is 1. The highest BCUT2D eigenvalue weighted by Gasteiger charge is 2.20. The Morgan fingerprint density at radius 3 is 2.57 bits per heavy atom. The molecule has 1 heterocycles. The maximum absolute atomic E-state index is 12.3. The summed E-state index contributed by atoms with van der Waals surface area (Å²) in [5.74, 6) is 0. The number of aromatic nitrogens is 2. The van der Waals surface area contributed by atoms with Gasteiger partial charge in [-0.1, -0.05) is 23.2 Å². The average Bonchev–Trinajstić information content (AvgIpc) is 2.82. The van der Waals surface area contributed by atoms with Gasteiger partial charge in [0.2, 0.25) is 10.0 Å². The van der Waals surface area contributed by atoms with Crippen molar-refractivity contribution in [3.63, 3.8) is 0 Å². The fourth-order valence-electron chi connectivity index (χ4n) is 1.74. The van der Waals surface area contributed by atoms with Gasteiger partial charge >= 0.3 is 0 Å². The predicted octanol–water partition coefficient (Wildman–Crippen LogP) is 1.96. The first kappa shape index (κ1) is 16.3. The van der Waals surface area contributed by atoms with Crippen LogP contribution in [0.4, 0.5) is 0 Å². The number of aryl methyl sites for hydroxylation is 1. The zero-order valence-electron chi connectivity index (χ0n) is 11.2. The summed E-state index contributed by atoms with van der Waals surface area (Å²) in [7, 11) is -3.77. The molecule has 1 aromatic carbocycles. The molecule has 4 N–H and O–H groups in total. The molecular formula is C12H14Cl2N4O2S. The Morgan fingerprint density at radius 1 is 1.29 bits per heavy atom. The number of sulfonamides is 1. The number of nitrogens with two attached hydrogens (primary N) is 1. The molecule has 9 heteroatoms. The summed E-state index contributed by atoms with van der Waals surface area (Å²) in [6.45, 7) is 2.04. The molecule has 0 amide bonds. The molecule has 114 valence electrons. The summed E-state index contributed by atoms with van der Waals surface area (Å²) in [6.07, 6.45) is 1.56. The molecule has 0 fully saturated rings. The van der Waals surface area contributed by atoms with Gasteiger partial charge < -0.3 is 5.73 Å². The lowest BCUT2D eigenvalue weighted by molar-refractivity contribution is 0.581. The standard InChI is InChI=1S/C12H14Cl2N4O2S/c1-7-9(5-16-18-7)6-17-21(19,20)12-2-8(4-15)10(13)3-11(12)14/h2-3,5,17H,4,6,15H2,1H3,(H,16,18). The van der Waals surface area contributed by atoms with Gasteiger partial charge in [0.1, 0.15) is 4.90 Å². The minimum Gasteiger partial charge on any atom is -0.326 e. The molecule has 6 nitrogen and oxygen atoms in total. The van der Waals surface area contributed by atoms with Gasteiger partial charge in [-0.25, -0.2) is 13.1 Å². The molecule has 0 aliphatic carbocycles. The predicted molar refractivity (Wildman–Crippen MR) is 81.7 cm³/mol. The van der Waals surface area contributed by atoms with Crippen LogP contribution in [0.3, 0.4) is 0 Å². The summed E-state index contributed by atoms with van der Waals surface area (Å²) in [5, 5.41) is 6.96. The van der Waals surface area contributed by atoms with E-state index in [1.165, 1.54) is 12.1 Å². The summed E-state index contributed by atoms with van der Waals surface area (Å²) < 4.78 is 27.1. The van der Waals surface area contributed by atoms with Crippen LogP contribution in [0.1, 0.15) is 16.8 Å². The molecule has 1 aromatic heterocycles. The number of H-pyrrole nitrogens is 1. The molecule has 0 radical (unpaired) electrons. The third kappa shape index (κ3) is 3.56. The Bertz CT molecular complexity index is 759. The largest absolute Gasteiger partial charge is 0.326 e. The zero-order chi connectivity index (χ0) is 15.6. The third-order valence-electron chi connectivity index (χ3n) is 3.00. The molecule has 0 atom stereocenters. The molecule has 0 saturated heterocycles. The van der Waals surface area contributed by atoms with Crippen LogP contribution in [0.2, 0.25) is 10.0 Å². The van der Waals surface area contributed by atoms with E-state index in [1.807, 2.05) is 0 Å². The van der Waals surface area contributed by atoms with Crippen molar-refractivity contribution in [2.45, 2.75) is 24.9 Å². The SMILES string of the molecule is Cc1[nH]ncc1CNS(=O)(=O)c1cc(CN)c(Cl)cc1Cl. The van der Waals surface area contributed by atoms with Crippen molar-refractivity contribution < 1.29 is 8.42 Å². The molecule has 0 saturated carbocycles. The minimum atomic E-state index is -3.77. The van der Waals surface area contributed by atoms with Crippen molar-refractivity contribution in [2.24, 2.45) is 5.73 Å². The van der Waals surface area contributed by atoms with E-state index in [9.17, 15) is 8.42 Å². The molecule has 0 aliphatic rings. The average molecular weight is 349 g/mol. The summed E-state index contributed by atoms with van der Waals surface area (Å²) in [5.41, 5.74) is 7.59. The normalized spacial score (nSPS) is 11.8. The van der Waals surface area contributed by atoms with Crippen LogP contribution in [0.15, 0.2) is 23.2 Å². The Hall–Kier alpha value is -1.12. The van der Waals surface area contributed by atoms with Crippen molar-refractivity contribution in [2.75, 3.05) is 0 Å². The lowest BCUT2D eigenvalue weighted by Gasteiger charge is -2.11. The maximum Gasteiger partial charge on any atom is 0.242 e. The summed E-state index contributed by atoms with van der Waals surface area (Å²) in [6, 6.07) is 2.76. The van der Waals surface area contributed by atoms with Crippen molar-refractivity contribution in [1.82, 2.24) is 14.9 Å². The molecule has 2 aromatic rings. The molecule has 21 heavy (non-hydrogen) atoms. The van der Waals surface area contributed by atoms with Gasteiger partial charge in [-0.15, -0.1) is 0 Å². The summed E-state index contributed by atoms with van der Waals surface area (Å²) >= 11 is 11.9. The fourth-order valence-corrected chi connectivity index (χ4v) is 3.62. The third-order valence-corrected chi connectivity index (χ3v) is 5.22. The van der Waals surface area contributed by atoms with Gasteiger partial charge in [-0.2, -0.15) is 5.10 Å². The van der Waals surface area contributed by atoms with Crippen LogP contribution in [0.25, 0.3) is 0 Å². The number of benzene rings is 1. The fraction of sp³-hybridized carbons (Fsp3) is 0.250. The Balaban J connectivity index is 2.29. The highest BCUT2D eigenvalue weighted by Crippen LogP contribution is 2.28. The minimum absolute atomic E-state index is 0.0461. The smallest absolute Gasteiger partial charge is 0.242 e. The van der Waals surface area contributed by atoms with Crippen LogP contribution in [0, 0.1) is 6.92 Å². The second-order valence-electron chi connectivity index (χ2n) is 4.42. The van der Waals surface area contributed by atoms with Crippen LogP contribution >= 0.6 is 23.2 Å². The number of hydrogen-bond donors (Lipinski definition) is 3. The lowest BCUT2D eigenvalue weighted by atomic mass is 10.2. The highest BCUT2D eigenvalue weighted by atomic mass is 35.5. The van der Waals surface area contributed by atoms with E-state index in [-0.39, 0.29) is 23.0 Å². The highest BCUT2D eigenvalue weighted by molar-refractivity contribution is 7.89. The van der Waals surface area contributed by atoms with Gasteiger partial charge in [0, 0.05) is 29.4 Å². The van der Waals surface area contributed by atoms with Crippen molar-refractivity contribution >= 4 is 33.2 Å². The van der Waals surface area contributed by atoms with Crippen molar-refractivity contribution in [3.8, 4) is 0 Å². The Morgan fingerprint density at radius 2 is 2.00 bits per heavy atom. The van der Waals surface area contributed by atoms with E-state index in [0.717, 1.165) is 11.3 Å². The van der Waals surface area contributed by atoms with E-state index in [2.05, 4.69) is 14.9 Å². The molecule has 0 spiro atoms. The molecule has 2 rings (SSSR count). The van der Waals surface area contributed by atoms with Gasteiger partial charge in [0.15, 0.2) is 0 Å². The zero-order valence-corrected chi connectivity index (χ0v) is 13.5. The second kappa shape index (κ2) is 6.33. The molecule has 0 bridgehead atoms. The maximum atomic E-state index is 12.3. The van der Waals surface area contributed by atoms with E-state index in [4.69, 9.17) is 28.9 Å². The number of rotatable bonds is 5. The van der Waals surface area contributed by atoms with E-state index in [1.54, 1.807) is 13.1 Å². The quantitative estimate of drug-likeness (QED) is 0.768. The topological polar surface area (TPSA) is 101 Å². The van der Waals surface area contributed by atoms with Crippen LogP contribution in [0.5, 0.6) is 0 Å². The number of halogens is 2. The van der Waals surface area contributed by atoms with Crippen molar-refractivity contribution in [3.05, 3.63) is 45.2 Å². The van der Waals surface area contributed by atoms with Gasteiger partial charge in [-0.3, -0.25) is 5.10 Å². The molecule has 0 unspecified atom stereocenters. The van der Waals surface area contributed by atoms with Crippen LogP contribution < -0.4 is 10.5 Å². The second-order valence-corrected chi connectivity index (χ2v) is 6.97.